The summed E-state index contributed by atoms with van der Waals surface area (Å²) in [5, 5.41) is 10.8. The Kier molecular flexibility index (Phi) is 4.82. The topological polar surface area (TPSA) is 80.5 Å². The summed E-state index contributed by atoms with van der Waals surface area (Å²) in [6, 6.07) is 12.0. The van der Waals surface area contributed by atoms with Crippen LogP contribution in [0.25, 0.3) is 0 Å². The Morgan fingerprint density at radius 1 is 1.12 bits per heavy atom. The Balaban J connectivity index is 1.92. The standard InChI is InChI=1S/C15H13ClN2O4S2/c16-12-3-7-14(8-4-12)24(21,22)17-9-10-23-15(17)11-1-5-13(6-2-11)18(19)20/h1-8,15H,9-10H2. The van der Waals surface area contributed by atoms with Gasteiger partial charge in [0.05, 0.1) is 15.2 Å². The molecule has 0 bridgehead atoms. The minimum Gasteiger partial charge on any atom is -0.258 e. The lowest BCUT2D eigenvalue weighted by Crippen LogP contribution is -2.30. The van der Waals surface area contributed by atoms with Crippen LogP contribution >= 0.6 is 23.4 Å². The minimum atomic E-state index is -3.66. The van der Waals surface area contributed by atoms with Crippen LogP contribution in [0, 0.1) is 10.1 Å². The van der Waals surface area contributed by atoms with Gasteiger partial charge in [0.15, 0.2) is 0 Å². The summed E-state index contributed by atoms with van der Waals surface area (Å²) in [5.74, 6) is 0.661. The zero-order valence-corrected chi connectivity index (χ0v) is 14.7. The Labute approximate surface area is 148 Å². The Bertz CT molecular complexity index is 854. The number of sulfonamides is 1. The number of hydrogen-bond acceptors (Lipinski definition) is 5. The van der Waals surface area contributed by atoms with Crippen molar-refractivity contribution in [3.8, 4) is 0 Å². The van der Waals surface area contributed by atoms with E-state index in [1.165, 1.54) is 40.3 Å². The molecule has 1 saturated heterocycles. The van der Waals surface area contributed by atoms with Gasteiger partial charge in [0, 0.05) is 29.5 Å². The molecule has 2 aromatic carbocycles. The van der Waals surface area contributed by atoms with Crippen LogP contribution in [-0.4, -0.2) is 29.9 Å². The highest BCUT2D eigenvalue weighted by molar-refractivity contribution is 8.01. The van der Waals surface area contributed by atoms with Gasteiger partial charge in [0.25, 0.3) is 5.69 Å². The first kappa shape index (κ1) is 17.2. The lowest BCUT2D eigenvalue weighted by atomic mass is 10.2. The van der Waals surface area contributed by atoms with Gasteiger partial charge in [0.2, 0.25) is 10.0 Å². The van der Waals surface area contributed by atoms with Gasteiger partial charge in [-0.15, -0.1) is 11.8 Å². The molecule has 0 spiro atoms. The van der Waals surface area contributed by atoms with Gasteiger partial charge in [-0.05, 0) is 42.0 Å². The molecule has 0 amide bonds. The molecule has 1 unspecified atom stereocenters. The van der Waals surface area contributed by atoms with Crippen LogP contribution in [-0.2, 0) is 10.0 Å². The van der Waals surface area contributed by atoms with Gasteiger partial charge in [0.1, 0.15) is 0 Å². The molecule has 1 heterocycles. The summed E-state index contributed by atoms with van der Waals surface area (Å²) < 4.78 is 27.2. The summed E-state index contributed by atoms with van der Waals surface area (Å²) in [5.41, 5.74) is 0.703. The van der Waals surface area contributed by atoms with Crippen molar-refractivity contribution in [2.75, 3.05) is 12.3 Å². The molecule has 0 N–H and O–H groups in total. The number of hydrogen-bond donors (Lipinski definition) is 0. The van der Waals surface area contributed by atoms with Crippen molar-refractivity contribution in [1.29, 1.82) is 0 Å². The summed E-state index contributed by atoms with van der Waals surface area (Å²) in [6.07, 6.45) is 0. The lowest BCUT2D eigenvalue weighted by Gasteiger charge is -2.23. The maximum Gasteiger partial charge on any atom is 0.269 e. The maximum atomic E-state index is 12.9. The lowest BCUT2D eigenvalue weighted by molar-refractivity contribution is -0.384. The maximum absolute atomic E-state index is 12.9. The van der Waals surface area contributed by atoms with Gasteiger partial charge < -0.3 is 0 Å². The molecule has 0 saturated carbocycles. The largest absolute Gasteiger partial charge is 0.269 e. The number of thioether (sulfide) groups is 1. The van der Waals surface area contributed by atoms with Crippen LogP contribution in [0.3, 0.4) is 0 Å². The second-order valence-electron chi connectivity index (χ2n) is 5.14. The first-order chi connectivity index (χ1) is 11.4. The molecule has 1 aliphatic heterocycles. The van der Waals surface area contributed by atoms with Gasteiger partial charge in [-0.3, -0.25) is 10.1 Å². The number of non-ortho nitro benzene ring substituents is 1. The van der Waals surface area contributed by atoms with E-state index < -0.39 is 20.3 Å². The molecule has 1 aliphatic rings. The summed E-state index contributed by atoms with van der Waals surface area (Å²) in [7, 11) is -3.66. The number of benzene rings is 2. The smallest absolute Gasteiger partial charge is 0.258 e. The average Bonchev–Trinajstić information content (AvgIpc) is 3.06. The monoisotopic (exact) mass is 384 g/mol. The second-order valence-corrected chi connectivity index (χ2v) is 8.66. The minimum absolute atomic E-state index is 0.0196. The zero-order chi connectivity index (χ0) is 17.3. The van der Waals surface area contributed by atoms with E-state index >= 15 is 0 Å². The molecule has 0 aliphatic carbocycles. The third-order valence-corrected chi connectivity index (χ3v) is 7.18. The Hall–Kier alpha value is -1.61. The highest BCUT2D eigenvalue weighted by Gasteiger charge is 2.36. The van der Waals surface area contributed by atoms with Crippen LogP contribution in [0.2, 0.25) is 5.02 Å². The molecular weight excluding hydrogens is 372 g/mol. The predicted octanol–water partition coefficient (Wildman–Crippen LogP) is 3.68. The van der Waals surface area contributed by atoms with Crippen molar-refractivity contribution in [2.45, 2.75) is 10.3 Å². The molecule has 3 rings (SSSR count). The Morgan fingerprint density at radius 3 is 2.33 bits per heavy atom. The zero-order valence-electron chi connectivity index (χ0n) is 12.3. The molecule has 2 aromatic rings. The van der Waals surface area contributed by atoms with Gasteiger partial charge in [-0.25, -0.2) is 8.42 Å². The van der Waals surface area contributed by atoms with E-state index in [0.29, 0.717) is 17.3 Å². The van der Waals surface area contributed by atoms with Crippen LogP contribution in [0.5, 0.6) is 0 Å². The second kappa shape index (κ2) is 6.72. The number of halogens is 1. The van der Waals surface area contributed by atoms with E-state index in [1.54, 1.807) is 24.3 Å². The van der Waals surface area contributed by atoms with E-state index in [4.69, 9.17) is 11.6 Å². The predicted molar refractivity (Wildman–Crippen MR) is 93.6 cm³/mol. The molecule has 0 radical (unpaired) electrons. The van der Waals surface area contributed by atoms with Crippen LogP contribution < -0.4 is 0 Å². The van der Waals surface area contributed by atoms with Crippen molar-refractivity contribution in [3.63, 3.8) is 0 Å². The Morgan fingerprint density at radius 2 is 1.75 bits per heavy atom. The van der Waals surface area contributed by atoms with Crippen molar-refractivity contribution in [1.82, 2.24) is 4.31 Å². The van der Waals surface area contributed by atoms with Crippen molar-refractivity contribution in [2.24, 2.45) is 0 Å². The van der Waals surface area contributed by atoms with Crippen molar-refractivity contribution in [3.05, 3.63) is 69.2 Å². The number of rotatable bonds is 4. The first-order valence-corrected chi connectivity index (χ1v) is 9.89. The highest BCUT2D eigenvalue weighted by atomic mass is 35.5. The summed E-state index contributed by atoms with van der Waals surface area (Å²) >= 11 is 7.31. The molecule has 1 fully saturated rings. The molecular formula is C15H13ClN2O4S2. The molecule has 24 heavy (non-hydrogen) atoms. The molecule has 0 aromatic heterocycles. The number of nitro groups is 1. The van der Waals surface area contributed by atoms with E-state index in [2.05, 4.69) is 0 Å². The summed E-state index contributed by atoms with van der Waals surface area (Å²) in [6.45, 7) is 0.386. The number of nitro benzene ring substituents is 1. The van der Waals surface area contributed by atoms with Crippen molar-refractivity contribution < 1.29 is 13.3 Å². The van der Waals surface area contributed by atoms with Gasteiger partial charge in [-0.1, -0.05) is 11.6 Å². The highest BCUT2D eigenvalue weighted by Crippen LogP contribution is 2.41. The fraction of sp³-hybridized carbons (Fsp3) is 0.200. The quantitative estimate of drug-likeness (QED) is 0.593. The van der Waals surface area contributed by atoms with Gasteiger partial charge >= 0.3 is 0 Å². The third kappa shape index (κ3) is 3.27. The van der Waals surface area contributed by atoms with Crippen LogP contribution in [0.15, 0.2) is 53.4 Å². The number of nitrogens with zero attached hydrogens (tertiary/aromatic N) is 2. The molecule has 6 nitrogen and oxygen atoms in total. The van der Waals surface area contributed by atoms with E-state index in [-0.39, 0.29) is 10.6 Å². The van der Waals surface area contributed by atoms with E-state index in [1.807, 2.05) is 0 Å². The van der Waals surface area contributed by atoms with Gasteiger partial charge in [-0.2, -0.15) is 4.31 Å². The first-order valence-electron chi connectivity index (χ1n) is 7.03. The van der Waals surface area contributed by atoms with Crippen LogP contribution in [0.4, 0.5) is 5.69 Å². The normalized spacial score (nSPS) is 18.6. The fourth-order valence-corrected chi connectivity index (χ4v) is 5.83. The van der Waals surface area contributed by atoms with Crippen LogP contribution in [0.1, 0.15) is 10.9 Å². The average molecular weight is 385 g/mol. The third-order valence-electron chi connectivity index (χ3n) is 3.66. The molecule has 1 atom stereocenters. The van der Waals surface area contributed by atoms with Crippen molar-refractivity contribution >= 4 is 39.1 Å². The fourth-order valence-electron chi connectivity index (χ4n) is 2.47. The van der Waals surface area contributed by atoms with E-state index in [0.717, 1.165) is 5.56 Å². The van der Waals surface area contributed by atoms with E-state index in [9.17, 15) is 18.5 Å². The SMILES string of the molecule is O=[N+]([O-])c1ccc(C2SCCN2S(=O)(=O)c2ccc(Cl)cc2)cc1. The summed E-state index contributed by atoms with van der Waals surface area (Å²) in [4.78, 5) is 10.5. The molecule has 126 valence electrons. The molecule has 9 heteroatoms.